The molecular weight excluding hydrogens is 166 g/mol. The van der Waals surface area contributed by atoms with Gasteiger partial charge in [0.25, 0.3) is 0 Å². The molecule has 4 heteroatoms. The lowest BCUT2D eigenvalue weighted by molar-refractivity contribution is -0.126. The predicted molar refractivity (Wildman–Crippen MR) is 52.3 cm³/mol. The fraction of sp³-hybridized carbons (Fsp3) is 0.889. The molecule has 0 aromatic rings. The van der Waals surface area contributed by atoms with E-state index < -0.39 is 0 Å². The Hall–Kier alpha value is -0.610. The second kappa shape index (κ2) is 4.58. The summed E-state index contributed by atoms with van der Waals surface area (Å²) in [6.07, 6.45) is 0. The Morgan fingerprint density at radius 2 is 2.31 bits per heavy atom. The summed E-state index contributed by atoms with van der Waals surface area (Å²) in [5.41, 5.74) is 0. The minimum Gasteiger partial charge on any atom is -0.328 e. The summed E-state index contributed by atoms with van der Waals surface area (Å²) in [6, 6.07) is 0.547. The van der Waals surface area contributed by atoms with Gasteiger partial charge in [-0.3, -0.25) is 10.1 Å². The molecule has 0 unspecified atom stereocenters. The van der Waals surface area contributed by atoms with Crippen LogP contribution in [0.3, 0.4) is 0 Å². The summed E-state index contributed by atoms with van der Waals surface area (Å²) in [6.45, 7) is 7.32. The minimum atomic E-state index is 0.220. The number of nitrogens with one attached hydrogen (secondary N) is 1. The van der Waals surface area contributed by atoms with E-state index in [9.17, 15) is 4.79 Å². The Bertz CT molecular complexity index is 182. The van der Waals surface area contributed by atoms with Gasteiger partial charge < -0.3 is 9.80 Å². The first kappa shape index (κ1) is 10.5. The van der Waals surface area contributed by atoms with Gasteiger partial charge in [-0.25, -0.2) is 0 Å². The minimum absolute atomic E-state index is 0.220. The molecule has 0 spiro atoms. The maximum absolute atomic E-state index is 11.2. The van der Waals surface area contributed by atoms with Crippen LogP contribution in [0.5, 0.6) is 0 Å². The first-order valence-corrected chi connectivity index (χ1v) is 4.80. The molecule has 1 rings (SSSR count). The molecule has 1 aliphatic heterocycles. The molecule has 1 fully saturated rings. The van der Waals surface area contributed by atoms with Gasteiger partial charge in [-0.1, -0.05) is 0 Å². The van der Waals surface area contributed by atoms with E-state index in [2.05, 4.69) is 31.1 Å². The second-order valence-electron chi connectivity index (χ2n) is 3.82. The number of carbonyl (C=O) groups is 1. The zero-order valence-electron chi connectivity index (χ0n) is 8.71. The van der Waals surface area contributed by atoms with Crippen LogP contribution < -0.4 is 5.32 Å². The number of hydrogen-bond acceptors (Lipinski definition) is 3. The average Bonchev–Trinajstić information content (AvgIpc) is 2.47. The standard InChI is InChI=1S/C9H19N3O/c1-8(2)11(3)4-5-12-7-10-6-9(12)13/h8,10H,4-7H2,1-3H3. The number of nitrogens with zero attached hydrogens (tertiary/aromatic N) is 2. The number of rotatable bonds is 4. The summed E-state index contributed by atoms with van der Waals surface area (Å²) < 4.78 is 0. The third-order valence-corrected chi connectivity index (χ3v) is 2.54. The Morgan fingerprint density at radius 3 is 2.77 bits per heavy atom. The number of likely N-dealkylation sites (N-methyl/N-ethyl adjacent to an activating group) is 1. The van der Waals surface area contributed by atoms with E-state index in [4.69, 9.17) is 0 Å². The molecule has 1 saturated heterocycles. The third-order valence-electron chi connectivity index (χ3n) is 2.54. The lowest BCUT2D eigenvalue weighted by atomic mass is 10.3. The molecule has 0 bridgehead atoms. The van der Waals surface area contributed by atoms with E-state index in [0.717, 1.165) is 13.1 Å². The molecule has 13 heavy (non-hydrogen) atoms. The van der Waals surface area contributed by atoms with Crippen LogP contribution in [0.4, 0.5) is 0 Å². The van der Waals surface area contributed by atoms with Crippen LogP contribution in [0.1, 0.15) is 13.8 Å². The van der Waals surface area contributed by atoms with Crippen LogP contribution in [0, 0.1) is 0 Å². The molecule has 1 aliphatic rings. The summed E-state index contributed by atoms with van der Waals surface area (Å²) in [7, 11) is 2.08. The van der Waals surface area contributed by atoms with E-state index in [1.807, 2.05) is 4.90 Å². The van der Waals surface area contributed by atoms with Gasteiger partial charge in [0.2, 0.25) is 5.91 Å². The van der Waals surface area contributed by atoms with Gasteiger partial charge in [0, 0.05) is 19.1 Å². The van der Waals surface area contributed by atoms with Crippen LogP contribution in [0.15, 0.2) is 0 Å². The molecule has 1 amide bonds. The topological polar surface area (TPSA) is 35.6 Å². The van der Waals surface area contributed by atoms with Crippen molar-refractivity contribution in [1.82, 2.24) is 15.1 Å². The van der Waals surface area contributed by atoms with Crippen LogP contribution in [0.2, 0.25) is 0 Å². The highest BCUT2D eigenvalue weighted by atomic mass is 16.2. The van der Waals surface area contributed by atoms with Gasteiger partial charge in [-0.15, -0.1) is 0 Å². The summed E-state index contributed by atoms with van der Waals surface area (Å²) >= 11 is 0. The highest BCUT2D eigenvalue weighted by Gasteiger charge is 2.19. The van der Waals surface area contributed by atoms with Gasteiger partial charge in [0.1, 0.15) is 0 Å². The molecule has 1 N–H and O–H groups in total. The van der Waals surface area contributed by atoms with E-state index in [0.29, 0.717) is 19.3 Å². The predicted octanol–water partition coefficient (Wildman–Crippen LogP) is -0.284. The quantitative estimate of drug-likeness (QED) is 0.654. The van der Waals surface area contributed by atoms with Crippen molar-refractivity contribution in [3.05, 3.63) is 0 Å². The lowest BCUT2D eigenvalue weighted by Gasteiger charge is -2.24. The molecule has 0 saturated carbocycles. The summed E-state index contributed by atoms with van der Waals surface area (Å²) in [5.74, 6) is 0.220. The molecule has 0 aromatic carbocycles. The molecule has 0 atom stereocenters. The molecular formula is C9H19N3O. The molecule has 0 aromatic heterocycles. The maximum Gasteiger partial charge on any atom is 0.237 e. The molecule has 1 heterocycles. The molecule has 0 aliphatic carbocycles. The van der Waals surface area contributed by atoms with Crippen LogP contribution in [-0.2, 0) is 4.79 Å². The lowest BCUT2D eigenvalue weighted by Crippen LogP contribution is -2.37. The van der Waals surface area contributed by atoms with Crippen molar-refractivity contribution in [3.63, 3.8) is 0 Å². The number of carbonyl (C=O) groups excluding carboxylic acids is 1. The van der Waals surface area contributed by atoms with Gasteiger partial charge >= 0.3 is 0 Å². The van der Waals surface area contributed by atoms with Crippen molar-refractivity contribution in [2.24, 2.45) is 0 Å². The summed E-state index contributed by atoms with van der Waals surface area (Å²) in [4.78, 5) is 15.3. The Labute approximate surface area is 79.9 Å². The van der Waals surface area contributed by atoms with Crippen molar-refractivity contribution in [2.75, 3.05) is 33.4 Å². The zero-order chi connectivity index (χ0) is 9.84. The highest BCUT2D eigenvalue weighted by molar-refractivity contribution is 5.79. The maximum atomic E-state index is 11.2. The number of hydrogen-bond donors (Lipinski definition) is 1. The van der Waals surface area contributed by atoms with Crippen molar-refractivity contribution >= 4 is 5.91 Å². The van der Waals surface area contributed by atoms with E-state index in [1.165, 1.54) is 0 Å². The second-order valence-corrected chi connectivity index (χ2v) is 3.82. The van der Waals surface area contributed by atoms with E-state index >= 15 is 0 Å². The van der Waals surface area contributed by atoms with Crippen LogP contribution in [-0.4, -0.2) is 55.1 Å². The largest absolute Gasteiger partial charge is 0.328 e. The monoisotopic (exact) mass is 185 g/mol. The fourth-order valence-corrected chi connectivity index (χ4v) is 1.24. The smallest absolute Gasteiger partial charge is 0.237 e. The first-order chi connectivity index (χ1) is 6.11. The van der Waals surface area contributed by atoms with Crippen molar-refractivity contribution in [2.45, 2.75) is 19.9 Å². The Morgan fingerprint density at radius 1 is 1.62 bits per heavy atom. The Kier molecular flexibility index (Phi) is 3.69. The van der Waals surface area contributed by atoms with Crippen LogP contribution in [0.25, 0.3) is 0 Å². The Balaban J connectivity index is 2.22. The van der Waals surface area contributed by atoms with Crippen molar-refractivity contribution in [1.29, 1.82) is 0 Å². The van der Waals surface area contributed by atoms with Crippen LogP contribution >= 0.6 is 0 Å². The average molecular weight is 185 g/mol. The summed E-state index contributed by atoms with van der Waals surface area (Å²) in [5, 5.41) is 3.03. The van der Waals surface area contributed by atoms with E-state index in [1.54, 1.807) is 0 Å². The molecule has 76 valence electrons. The molecule has 4 nitrogen and oxygen atoms in total. The highest BCUT2D eigenvalue weighted by Crippen LogP contribution is 1.97. The van der Waals surface area contributed by atoms with Gasteiger partial charge in [-0.05, 0) is 20.9 Å². The van der Waals surface area contributed by atoms with Crippen molar-refractivity contribution in [3.8, 4) is 0 Å². The molecule has 0 radical (unpaired) electrons. The number of amides is 1. The normalized spacial score (nSPS) is 17.9. The van der Waals surface area contributed by atoms with Gasteiger partial charge in [0.05, 0.1) is 13.2 Å². The third kappa shape index (κ3) is 2.97. The van der Waals surface area contributed by atoms with Gasteiger partial charge in [0.15, 0.2) is 0 Å². The SMILES string of the molecule is CC(C)N(C)CCN1CNCC1=O. The van der Waals surface area contributed by atoms with E-state index in [-0.39, 0.29) is 5.91 Å². The zero-order valence-corrected chi connectivity index (χ0v) is 8.71. The van der Waals surface area contributed by atoms with Crippen molar-refractivity contribution < 1.29 is 4.79 Å². The van der Waals surface area contributed by atoms with Gasteiger partial charge in [-0.2, -0.15) is 0 Å². The first-order valence-electron chi connectivity index (χ1n) is 4.80. The fourth-order valence-electron chi connectivity index (χ4n) is 1.24.